The summed E-state index contributed by atoms with van der Waals surface area (Å²) in [5, 5.41) is 2.67. The maximum atomic E-state index is 6.99. The lowest BCUT2D eigenvalue weighted by atomic mass is 10.1. The Bertz CT molecular complexity index is 809. The van der Waals surface area contributed by atoms with Crippen LogP contribution in [0.2, 0.25) is 5.04 Å². The van der Waals surface area contributed by atoms with E-state index in [1.54, 1.807) is 0 Å². The second-order valence-corrected chi connectivity index (χ2v) is 12.8. The predicted molar refractivity (Wildman–Crippen MR) is 123 cm³/mol. The third-order valence-electron chi connectivity index (χ3n) is 5.43. The SMILES string of the molecule is CCCc1ccc(CO[Si](c2ccccc2)(c2ccccc2)C(C)(C)C)cc1. The van der Waals surface area contributed by atoms with E-state index in [-0.39, 0.29) is 5.04 Å². The molecule has 0 saturated carbocycles. The average molecular weight is 389 g/mol. The minimum Gasteiger partial charge on any atom is -0.403 e. The van der Waals surface area contributed by atoms with Crippen molar-refractivity contribution in [2.75, 3.05) is 0 Å². The van der Waals surface area contributed by atoms with Gasteiger partial charge in [0.15, 0.2) is 0 Å². The van der Waals surface area contributed by atoms with Crippen LogP contribution in [0.4, 0.5) is 0 Å². The van der Waals surface area contributed by atoms with Crippen LogP contribution in [0, 0.1) is 0 Å². The van der Waals surface area contributed by atoms with E-state index in [2.05, 4.69) is 113 Å². The van der Waals surface area contributed by atoms with E-state index in [1.807, 2.05) is 0 Å². The fourth-order valence-electron chi connectivity index (χ4n) is 4.04. The lowest BCUT2D eigenvalue weighted by molar-refractivity contribution is 0.286. The quantitative estimate of drug-likeness (QED) is 0.471. The highest BCUT2D eigenvalue weighted by molar-refractivity contribution is 6.99. The van der Waals surface area contributed by atoms with Gasteiger partial charge in [-0.2, -0.15) is 0 Å². The molecule has 3 aromatic carbocycles. The fourth-order valence-corrected chi connectivity index (χ4v) is 8.58. The van der Waals surface area contributed by atoms with Gasteiger partial charge in [0.05, 0.1) is 6.61 Å². The van der Waals surface area contributed by atoms with Gasteiger partial charge in [0.25, 0.3) is 8.32 Å². The van der Waals surface area contributed by atoms with Crippen molar-refractivity contribution in [3.05, 3.63) is 96.1 Å². The molecule has 0 bridgehead atoms. The number of rotatable bonds is 7. The molecule has 0 aliphatic carbocycles. The van der Waals surface area contributed by atoms with Crippen molar-refractivity contribution in [1.82, 2.24) is 0 Å². The first-order valence-corrected chi connectivity index (χ1v) is 12.2. The summed E-state index contributed by atoms with van der Waals surface area (Å²) >= 11 is 0. The van der Waals surface area contributed by atoms with Crippen molar-refractivity contribution in [2.24, 2.45) is 0 Å². The molecule has 146 valence electrons. The van der Waals surface area contributed by atoms with E-state index in [4.69, 9.17) is 4.43 Å². The fraction of sp³-hybridized carbons (Fsp3) is 0.308. The van der Waals surface area contributed by atoms with Crippen LogP contribution in [-0.4, -0.2) is 8.32 Å². The number of hydrogen-bond donors (Lipinski definition) is 0. The van der Waals surface area contributed by atoms with Crippen molar-refractivity contribution >= 4 is 18.7 Å². The topological polar surface area (TPSA) is 9.23 Å². The first-order chi connectivity index (χ1) is 13.5. The third kappa shape index (κ3) is 4.29. The molecule has 0 aliphatic heterocycles. The lowest BCUT2D eigenvalue weighted by Crippen LogP contribution is -2.66. The molecule has 0 unspecified atom stereocenters. The van der Waals surface area contributed by atoms with Crippen molar-refractivity contribution in [2.45, 2.75) is 52.2 Å². The Morgan fingerprint density at radius 2 is 1.14 bits per heavy atom. The van der Waals surface area contributed by atoms with Crippen molar-refractivity contribution in [3.63, 3.8) is 0 Å². The normalized spacial score (nSPS) is 12.1. The summed E-state index contributed by atoms with van der Waals surface area (Å²) in [6, 6.07) is 30.6. The molecule has 0 spiro atoms. The van der Waals surface area contributed by atoms with Gasteiger partial charge in [-0.15, -0.1) is 0 Å². The molecule has 0 saturated heterocycles. The van der Waals surface area contributed by atoms with Crippen LogP contribution in [0.25, 0.3) is 0 Å². The molecule has 3 aromatic rings. The van der Waals surface area contributed by atoms with E-state index in [0.29, 0.717) is 6.61 Å². The van der Waals surface area contributed by atoms with E-state index in [1.165, 1.54) is 27.9 Å². The molecule has 0 amide bonds. The Balaban J connectivity index is 2.01. The number of aryl methyl sites for hydroxylation is 1. The van der Waals surface area contributed by atoms with E-state index in [9.17, 15) is 0 Å². The second kappa shape index (κ2) is 8.89. The summed E-state index contributed by atoms with van der Waals surface area (Å²) in [6.45, 7) is 9.83. The van der Waals surface area contributed by atoms with Gasteiger partial charge in [0.2, 0.25) is 0 Å². The summed E-state index contributed by atoms with van der Waals surface area (Å²) in [5.41, 5.74) is 2.64. The molecular weight excluding hydrogens is 356 g/mol. The molecule has 0 aliphatic rings. The van der Waals surface area contributed by atoms with E-state index in [0.717, 1.165) is 6.42 Å². The Morgan fingerprint density at radius 1 is 0.679 bits per heavy atom. The zero-order chi connectivity index (χ0) is 20.0. The van der Waals surface area contributed by atoms with Gasteiger partial charge in [0.1, 0.15) is 0 Å². The molecule has 0 fully saturated rings. The van der Waals surface area contributed by atoms with Crippen LogP contribution >= 0.6 is 0 Å². The lowest BCUT2D eigenvalue weighted by Gasteiger charge is -2.43. The smallest absolute Gasteiger partial charge is 0.261 e. The molecule has 0 N–H and O–H groups in total. The molecular formula is C26H32OSi. The molecule has 0 atom stereocenters. The first-order valence-electron chi connectivity index (χ1n) is 10.3. The summed E-state index contributed by atoms with van der Waals surface area (Å²) in [7, 11) is -2.46. The van der Waals surface area contributed by atoms with E-state index < -0.39 is 8.32 Å². The van der Waals surface area contributed by atoms with Gasteiger partial charge in [-0.05, 0) is 33.0 Å². The highest BCUT2D eigenvalue weighted by Gasteiger charge is 2.50. The Hall–Kier alpha value is -2.16. The summed E-state index contributed by atoms with van der Waals surface area (Å²) in [5.74, 6) is 0. The largest absolute Gasteiger partial charge is 0.403 e. The second-order valence-electron chi connectivity index (χ2n) is 8.52. The molecule has 0 aromatic heterocycles. The standard InChI is InChI=1S/C26H32OSi/c1-5-12-22-17-19-23(20-18-22)21-27-28(26(2,3)4,24-13-8-6-9-14-24)25-15-10-7-11-16-25/h6-11,13-20H,5,12,21H2,1-4H3. The maximum Gasteiger partial charge on any atom is 0.261 e. The van der Waals surface area contributed by atoms with Gasteiger partial charge >= 0.3 is 0 Å². The molecule has 1 nitrogen and oxygen atoms in total. The average Bonchev–Trinajstić information content (AvgIpc) is 2.70. The van der Waals surface area contributed by atoms with Crippen molar-refractivity contribution < 1.29 is 4.43 Å². The number of hydrogen-bond acceptors (Lipinski definition) is 1. The minimum absolute atomic E-state index is 0.0118. The van der Waals surface area contributed by atoms with Crippen LogP contribution in [0.1, 0.15) is 45.2 Å². The van der Waals surface area contributed by atoms with Crippen LogP contribution in [0.15, 0.2) is 84.9 Å². The van der Waals surface area contributed by atoms with Crippen LogP contribution in [0.5, 0.6) is 0 Å². The van der Waals surface area contributed by atoms with Gasteiger partial charge in [-0.1, -0.05) is 119 Å². The zero-order valence-corrected chi connectivity index (χ0v) is 18.6. The first kappa shape index (κ1) is 20.6. The van der Waals surface area contributed by atoms with Gasteiger partial charge in [-0.3, -0.25) is 0 Å². The Kier molecular flexibility index (Phi) is 6.53. The van der Waals surface area contributed by atoms with Crippen LogP contribution < -0.4 is 10.4 Å². The molecule has 2 heteroatoms. The van der Waals surface area contributed by atoms with Gasteiger partial charge in [-0.25, -0.2) is 0 Å². The summed E-state index contributed by atoms with van der Waals surface area (Å²) in [4.78, 5) is 0. The Morgan fingerprint density at radius 3 is 1.57 bits per heavy atom. The van der Waals surface area contributed by atoms with Crippen molar-refractivity contribution in [3.8, 4) is 0 Å². The van der Waals surface area contributed by atoms with Crippen molar-refractivity contribution in [1.29, 1.82) is 0 Å². The summed E-state index contributed by atoms with van der Waals surface area (Å²) < 4.78 is 6.99. The van der Waals surface area contributed by atoms with E-state index >= 15 is 0 Å². The minimum atomic E-state index is -2.46. The number of benzene rings is 3. The third-order valence-corrected chi connectivity index (χ3v) is 10.4. The van der Waals surface area contributed by atoms with Crippen LogP contribution in [0.3, 0.4) is 0 Å². The highest BCUT2D eigenvalue weighted by Crippen LogP contribution is 2.37. The molecule has 3 rings (SSSR count). The molecule has 28 heavy (non-hydrogen) atoms. The van der Waals surface area contributed by atoms with Crippen LogP contribution in [-0.2, 0) is 17.5 Å². The molecule has 0 heterocycles. The highest BCUT2D eigenvalue weighted by atomic mass is 28.4. The Labute approximate surface area is 171 Å². The predicted octanol–water partition coefficient (Wildman–Crippen LogP) is 5.72. The monoisotopic (exact) mass is 388 g/mol. The maximum absolute atomic E-state index is 6.99. The zero-order valence-electron chi connectivity index (χ0n) is 17.6. The van der Waals surface area contributed by atoms with Gasteiger partial charge < -0.3 is 4.43 Å². The molecule has 0 radical (unpaired) electrons. The van der Waals surface area contributed by atoms with Gasteiger partial charge in [0, 0.05) is 0 Å². The summed E-state index contributed by atoms with van der Waals surface area (Å²) in [6.07, 6.45) is 2.31.